The van der Waals surface area contributed by atoms with Crippen LogP contribution in [0.15, 0.2) is 12.1 Å². The summed E-state index contributed by atoms with van der Waals surface area (Å²) in [7, 11) is 0. The quantitative estimate of drug-likeness (QED) is 0.904. The first-order valence-corrected chi connectivity index (χ1v) is 7.27. The summed E-state index contributed by atoms with van der Waals surface area (Å²) < 4.78 is 16.5. The van der Waals surface area contributed by atoms with E-state index in [0.717, 1.165) is 31.5 Å². The van der Waals surface area contributed by atoms with Crippen molar-refractivity contribution in [3.8, 4) is 17.2 Å². The average Bonchev–Trinajstić information content (AvgIpc) is 3.16. The molecule has 1 aromatic carbocycles. The van der Waals surface area contributed by atoms with Crippen LogP contribution in [0.2, 0.25) is 0 Å². The summed E-state index contributed by atoms with van der Waals surface area (Å²) in [5, 5.41) is 0. The molecule has 1 amide bonds. The third kappa shape index (κ3) is 2.76. The molecule has 6 nitrogen and oxygen atoms in total. The summed E-state index contributed by atoms with van der Waals surface area (Å²) in [6, 6.07) is 3.56. The molecule has 2 aliphatic rings. The monoisotopic (exact) mass is 292 g/mol. The molecule has 1 unspecified atom stereocenters. The van der Waals surface area contributed by atoms with E-state index in [4.69, 9.17) is 19.9 Å². The molecule has 2 aliphatic heterocycles. The topological polar surface area (TPSA) is 74.0 Å². The third-order valence-corrected chi connectivity index (χ3v) is 3.84. The molecule has 1 aromatic rings. The van der Waals surface area contributed by atoms with Gasteiger partial charge in [-0.25, -0.2) is 0 Å². The predicted molar refractivity (Wildman–Crippen MR) is 76.4 cm³/mol. The third-order valence-electron chi connectivity index (χ3n) is 3.84. The van der Waals surface area contributed by atoms with E-state index in [1.54, 1.807) is 13.0 Å². The molecule has 0 spiro atoms. The first-order valence-electron chi connectivity index (χ1n) is 7.27. The molecule has 3 rings (SSSR count). The number of fused-ring (bicyclic) bond motifs is 1. The Labute approximate surface area is 123 Å². The Morgan fingerprint density at radius 1 is 1.33 bits per heavy atom. The predicted octanol–water partition coefficient (Wildman–Crippen LogP) is 1.26. The maximum atomic E-state index is 12.3. The normalized spacial score (nSPS) is 17.9. The van der Waals surface area contributed by atoms with E-state index in [-0.39, 0.29) is 12.7 Å². The Morgan fingerprint density at radius 3 is 2.67 bits per heavy atom. The minimum Gasteiger partial charge on any atom is -0.480 e. The molecule has 6 heteroatoms. The maximum absolute atomic E-state index is 12.3. The van der Waals surface area contributed by atoms with Crippen LogP contribution in [-0.4, -0.2) is 36.8 Å². The molecule has 1 fully saturated rings. The van der Waals surface area contributed by atoms with Gasteiger partial charge in [0, 0.05) is 31.3 Å². The van der Waals surface area contributed by atoms with E-state index < -0.39 is 6.10 Å². The number of carbonyl (C=O) groups is 1. The number of benzene rings is 1. The fourth-order valence-electron chi connectivity index (χ4n) is 2.67. The van der Waals surface area contributed by atoms with E-state index in [1.165, 1.54) is 0 Å². The van der Waals surface area contributed by atoms with Crippen molar-refractivity contribution < 1.29 is 19.0 Å². The van der Waals surface area contributed by atoms with Gasteiger partial charge in [-0.15, -0.1) is 0 Å². The first kappa shape index (κ1) is 14.0. The first-order chi connectivity index (χ1) is 10.2. The summed E-state index contributed by atoms with van der Waals surface area (Å²) in [5.41, 5.74) is 6.55. The van der Waals surface area contributed by atoms with Crippen LogP contribution in [0, 0.1) is 0 Å². The zero-order valence-electron chi connectivity index (χ0n) is 12.1. The zero-order chi connectivity index (χ0) is 14.8. The fourth-order valence-corrected chi connectivity index (χ4v) is 2.67. The van der Waals surface area contributed by atoms with Crippen molar-refractivity contribution in [2.24, 2.45) is 5.73 Å². The van der Waals surface area contributed by atoms with E-state index in [0.29, 0.717) is 23.8 Å². The summed E-state index contributed by atoms with van der Waals surface area (Å²) in [6.07, 6.45) is 1.60. The van der Waals surface area contributed by atoms with E-state index in [2.05, 4.69) is 0 Å². The Bertz CT molecular complexity index is 541. The highest BCUT2D eigenvalue weighted by Crippen LogP contribution is 2.38. The van der Waals surface area contributed by atoms with Crippen molar-refractivity contribution in [3.63, 3.8) is 0 Å². The van der Waals surface area contributed by atoms with Crippen LogP contribution in [0.25, 0.3) is 0 Å². The van der Waals surface area contributed by atoms with Crippen molar-refractivity contribution in [1.29, 1.82) is 0 Å². The summed E-state index contributed by atoms with van der Waals surface area (Å²) in [5.74, 6) is 1.90. The molecule has 0 aromatic heterocycles. The largest absolute Gasteiger partial charge is 0.480 e. The van der Waals surface area contributed by atoms with E-state index in [1.807, 2.05) is 11.0 Å². The Morgan fingerprint density at radius 2 is 2.00 bits per heavy atom. The standard InChI is InChI=1S/C15H20N2O4/c1-10(15(18)17-4-2-3-5-17)21-12-7-14-13(19-9-20-14)6-11(12)8-16/h6-7,10H,2-5,8-9,16H2,1H3. The highest BCUT2D eigenvalue weighted by Gasteiger charge is 2.26. The van der Waals surface area contributed by atoms with Gasteiger partial charge < -0.3 is 24.8 Å². The number of nitrogens with zero attached hydrogens (tertiary/aromatic N) is 1. The number of likely N-dealkylation sites (tertiary alicyclic amines) is 1. The molecule has 21 heavy (non-hydrogen) atoms. The van der Waals surface area contributed by atoms with Gasteiger partial charge >= 0.3 is 0 Å². The summed E-state index contributed by atoms with van der Waals surface area (Å²) in [4.78, 5) is 14.1. The van der Waals surface area contributed by atoms with Crippen molar-refractivity contribution >= 4 is 5.91 Å². The number of hydrogen-bond acceptors (Lipinski definition) is 5. The molecule has 2 N–H and O–H groups in total. The Hall–Kier alpha value is -1.95. The van der Waals surface area contributed by atoms with Crippen molar-refractivity contribution in [2.75, 3.05) is 19.9 Å². The molecule has 0 bridgehead atoms. The van der Waals surface area contributed by atoms with Gasteiger partial charge in [-0.2, -0.15) is 0 Å². The molecular weight excluding hydrogens is 272 g/mol. The summed E-state index contributed by atoms with van der Waals surface area (Å²) in [6.45, 7) is 3.92. The van der Waals surface area contributed by atoms with Crippen molar-refractivity contribution in [2.45, 2.75) is 32.4 Å². The molecular formula is C15H20N2O4. The number of hydrogen-bond donors (Lipinski definition) is 1. The Balaban J connectivity index is 1.75. The second-order valence-electron chi connectivity index (χ2n) is 5.31. The molecule has 1 atom stereocenters. The molecule has 0 radical (unpaired) electrons. The van der Waals surface area contributed by atoms with Crippen LogP contribution >= 0.6 is 0 Å². The van der Waals surface area contributed by atoms with Crippen LogP contribution in [0.5, 0.6) is 17.2 Å². The van der Waals surface area contributed by atoms with Crippen LogP contribution < -0.4 is 19.9 Å². The second-order valence-corrected chi connectivity index (χ2v) is 5.31. The van der Waals surface area contributed by atoms with Gasteiger partial charge in [-0.1, -0.05) is 0 Å². The van der Waals surface area contributed by atoms with Gasteiger partial charge in [0.2, 0.25) is 6.79 Å². The molecule has 114 valence electrons. The van der Waals surface area contributed by atoms with Gasteiger partial charge in [0.05, 0.1) is 0 Å². The number of nitrogens with two attached hydrogens (primary N) is 1. The van der Waals surface area contributed by atoms with E-state index in [9.17, 15) is 4.79 Å². The van der Waals surface area contributed by atoms with E-state index >= 15 is 0 Å². The van der Waals surface area contributed by atoms with Crippen molar-refractivity contribution in [3.05, 3.63) is 17.7 Å². The number of ether oxygens (including phenoxy) is 3. The highest BCUT2D eigenvalue weighted by atomic mass is 16.7. The van der Waals surface area contributed by atoms with Gasteiger partial charge in [0.15, 0.2) is 17.6 Å². The van der Waals surface area contributed by atoms with Crippen LogP contribution in [0.3, 0.4) is 0 Å². The van der Waals surface area contributed by atoms with Gasteiger partial charge in [-0.05, 0) is 25.8 Å². The maximum Gasteiger partial charge on any atom is 0.263 e. The number of amides is 1. The number of rotatable bonds is 4. The molecule has 1 saturated heterocycles. The van der Waals surface area contributed by atoms with Gasteiger partial charge in [0.25, 0.3) is 5.91 Å². The minimum absolute atomic E-state index is 0.0214. The van der Waals surface area contributed by atoms with Crippen LogP contribution in [0.1, 0.15) is 25.3 Å². The lowest BCUT2D eigenvalue weighted by Crippen LogP contribution is -2.38. The second kappa shape index (κ2) is 5.81. The fraction of sp³-hybridized carbons (Fsp3) is 0.533. The molecule has 2 heterocycles. The lowest BCUT2D eigenvalue weighted by molar-refractivity contribution is -0.136. The van der Waals surface area contributed by atoms with Crippen molar-refractivity contribution in [1.82, 2.24) is 4.90 Å². The number of carbonyl (C=O) groups excluding carboxylic acids is 1. The average molecular weight is 292 g/mol. The lowest BCUT2D eigenvalue weighted by Gasteiger charge is -2.22. The smallest absolute Gasteiger partial charge is 0.263 e. The van der Waals surface area contributed by atoms with Gasteiger partial charge in [0.1, 0.15) is 5.75 Å². The Kier molecular flexibility index (Phi) is 3.88. The summed E-state index contributed by atoms with van der Waals surface area (Å²) >= 11 is 0. The highest BCUT2D eigenvalue weighted by molar-refractivity contribution is 5.81. The SMILES string of the molecule is CC(Oc1cc2c(cc1CN)OCO2)C(=O)N1CCCC1. The van der Waals surface area contributed by atoms with Crippen LogP contribution in [-0.2, 0) is 11.3 Å². The zero-order valence-corrected chi connectivity index (χ0v) is 12.1. The van der Waals surface area contributed by atoms with Gasteiger partial charge in [-0.3, -0.25) is 4.79 Å². The molecule has 0 saturated carbocycles. The lowest BCUT2D eigenvalue weighted by atomic mass is 10.1. The molecule has 0 aliphatic carbocycles. The minimum atomic E-state index is -0.534. The van der Waals surface area contributed by atoms with Crippen LogP contribution in [0.4, 0.5) is 0 Å².